The maximum absolute atomic E-state index is 6.37. The average molecular weight is 429 g/mol. The van der Waals surface area contributed by atoms with Crippen molar-refractivity contribution in [1.29, 1.82) is 0 Å². The van der Waals surface area contributed by atoms with Gasteiger partial charge in [0.2, 0.25) is 5.71 Å². The molecule has 0 saturated carbocycles. The Morgan fingerprint density at radius 3 is 2.84 bits per heavy atom. The molecule has 0 bridgehead atoms. The molecule has 7 heteroatoms. The second-order valence-electron chi connectivity index (χ2n) is 9.82. The van der Waals surface area contributed by atoms with Crippen molar-refractivity contribution in [3.63, 3.8) is 0 Å². The average Bonchev–Trinajstić information content (AvgIpc) is 3.45. The number of fused-ring (bicyclic) bond motifs is 5. The molecule has 0 atom stereocenters. The largest absolute Gasteiger partial charge is 0.432 e. The Kier molecular flexibility index (Phi) is 4.52. The van der Waals surface area contributed by atoms with Gasteiger partial charge in [-0.15, -0.1) is 0 Å². The van der Waals surface area contributed by atoms with E-state index in [1.165, 1.54) is 30.4 Å². The lowest BCUT2D eigenvalue weighted by molar-refractivity contribution is 0.316. The van der Waals surface area contributed by atoms with Gasteiger partial charge >= 0.3 is 0 Å². The minimum Gasteiger partial charge on any atom is -0.432 e. The van der Waals surface area contributed by atoms with E-state index in [-0.39, 0.29) is 5.41 Å². The second kappa shape index (κ2) is 7.43. The van der Waals surface area contributed by atoms with Crippen LogP contribution in [0.5, 0.6) is 0 Å². The molecule has 4 aromatic rings. The summed E-state index contributed by atoms with van der Waals surface area (Å²) in [5, 5.41) is 4.48. The van der Waals surface area contributed by atoms with Crippen LogP contribution in [0.2, 0.25) is 0 Å². The number of anilines is 2. The van der Waals surface area contributed by atoms with E-state index < -0.39 is 0 Å². The monoisotopic (exact) mass is 428 g/mol. The number of pyridine rings is 2. The Balaban J connectivity index is 1.51. The van der Waals surface area contributed by atoms with Crippen LogP contribution in [0, 0.1) is 5.41 Å². The number of aromatic nitrogens is 4. The molecule has 2 aliphatic rings. The number of furan rings is 1. The van der Waals surface area contributed by atoms with E-state index in [0.29, 0.717) is 23.7 Å². The summed E-state index contributed by atoms with van der Waals surface area (Å²) < 4.78 is 6.37. The van der Waals surface area contributed by atoms with Crippen LogP contribution < -0.4 is 10.2 Å². The molecule has 0 aromatic carbocycles. The third kappa shape index (κ3) is 3.27. The highest BCUT2D eigenvalue weighted by molar-refractivity contribution is 6.07. The highest BCUT2D eigenvalue weighted by atomic mass is 16.3. The van der Waals surface area contributed by atoms with E-state index >= 15 is 0 Å². The van der Waals surface area contributed by atoms with Crippen molar-refractivity contribution in [2.75, 3.05) is 23.3 Å². The van der Waals surface area contributed by atoms with Gasteiger partial charge in [-0.05, 0) is 60.3 Å². The molecule has 1 aliphatic carbocycles. The van der Waals surface area contributed by atoms with Crippen molar-refractivity contribution >= 4 is 33.8 Å². The van der Waals surface area contributed by atoms with Crippen LogP contribution in [0.25, 0.3) is 22.2 Å². The molecule has 0 spiro atoms. The van der Waals surface area contributed by atoms with E-state index in [4.69, 9.17) is 9.40 Å². The van der Waals surface area contributed by atoms with Crippen molar-refractivity contribution in [2.24, 2.45) is 5.41 Å². The first-order valence-electron chi connectivity index (χ1n) is 11.6. The fourth-order valence-corrected chi connectivity index (χ4v) is 5.19. The summed E-state index contributed by atoms with van der Waals surface area (Å²) in [4.78, 5) is 20.8. The summed E-state index contributed by atoms with van der Waals surface area (Å²) in [6.45, 7) is 7.49. The smallest absolute Gasteiger partial charge is 0.231 e. The topological polar surface area (TPSA) is 80.0 Å². The maximum atomic E-state index is 6.37. The van der Waals surface area contributed by atoms with Crippen LogP contribution in [0.4, 0.5) is 11.6 Å². The Morgan fingerprint density at radius 1 is 1.16 bits per heavy atom. The third-order valence-corrected chi connectivity index (χ3v) is 6.89. The van der Waals surface area contributed by atoms with E-state index in [2.05, 4.69) is 39.0 Å². The van der Waals surface area contributed by atoms with Crippen LogP contribution >= 0.6 is 0 Å². The predicted molar refractivity (Wildman–Crippen MR) is 126 cm³/mol. The molecule has 32 heavy (non-hydrogen) atoms. The normalized spacial score (nSPS) is 17.8. The highest BCUT2D eigenvalue weighted by Gasteiger charge is 2.33. The number of nitrogens with zero attached hydrogens (tertiary/aromatic N) is 5. The van der Waals surface area contributed by atoms with Crippen molar-refractivity contribution in [3.05, 3.63) is 47.5 Å². The van der Waals surface area contributed by atoms with Gasteiger partial charge in [-0.3, -0.25) is 4.98 Å². The van der Waals surface area contributed by atoms with E-state index in [9.17, 15) is 0 Å². The lowest BCUT2D eigenvalue weighted by atomic mass is 9.73. The minimum absolute atomic E-state index is 0.252. The van der Waals surface area contributed by atoms with Crippen molar-refractivity contribution < 1.29 is 4.42 Å². The van der Waals surface area contributed by atoms with Crippen LogP contribution in [0.3, 0.4) is 0 Å². The van der Waals surface area contributed by atoms with Crippen LogP contribution in [0.15, 0.2) is 35.3 Å². The molecule has 6 rings (SSSR count). The zero-order chi connectivity index (χ0) is 21.7. The predicted octanol–water partition coefficient (Wildman–Crippen LogP) is 4.89. The highest BCUT2D eigenvalue weighted by Crippen LogP contribution is 2.44. The molecular weight excluding hydrogens is 400 g/mol. The quantitative estimate of drug-likeness (QED) is 0.495. The first-order chi connectivity index (χ1) is 15.6. The van der Waals surface area contributed by atoms with Gasteiger partial charge in [-0.25, -0.2) is 9.97 Å². The van der Waals surface area contributed by atoms with Gasteiger partial charge in [0.05, 0.1) is 5.39 Å². The standard InChI is InChI=1S/C25H28N6O/c1-25(2)8-7-17-18(12-25)19-20-21(32-24(19)30-23(17)31-10-3-4-11-31)22(29-15-28-20)27-14-16-6-5-9-26-13-16/h5-6,9,13,15H,3-4,7-8,10-12,14H2,1-2H3,(H,27,28,29). The molecule has 4 aromatic heterocycles. The van der Waals surface area contributed by atoms with Gasteiger partial charge in [0.25, 0.3) is 0 Å². The summed E-state index contributed by atoms with van der Waals surface area (Å²) in [6, 6.07) is 3.98. The Bertz CT molecular complexity index is 1290. The van der Waals surface area contributed by atoms with Crippen LogP contribution in [-0.2, 0) is 19.4 Å². The first-order valence-corrected chi connectivity index (χ1v) is 11.6. The lowest BCUT2D eigenvalue weighted by Gasteiger charge is -2.33. The van der Waals surface area contributed by atoms with Gasteiger partial charge in [0.15, 0.2) is 11.4 Å². The van der Waals surface area contributed by atoms with E-state index in [1.807, 2.05) is 18.3 Å². The third-order valence-electron chi connectivity index (χ3n) is 6.89. The van der Waals surface area contributed by atoms with Crippen molar-refractivity contribution in [2.45, 2.75) is 52.5 Å². The molecule has 0 radical (unpaired) electrons. The molecule has 7 nitrogen and oxygen atoms in total. The van der Waals surface area contributed by atoms with Crippen LogP contribution in [-0.4, -0.2) is 33.0 Å². The minimum atomic E-state index is 0.252. The lowest BCUT2D eigenvalue weighted by Crippen LogP contribution is -2.27. The molecular formula is C25H28N6O. The summed E-state index contributed by atoms with van der Waals surface area (Å²) in [7, 11) is 0. The summed E-state index contributed by atoms with van der Waals surface area (Å²) >= 11 is 0. The zero-order valence-corrected chi connectivity index (χ0v) is 18.7. The summed E-state index contributed by atoms with van der Waals surface area (Å²) in [5.74, 6) is 1.82. The number of hydrogen-bond donors (Lipinski definition) is 1. The fraction of sp³-hybridized carbons (Fsp3) is 0.440. The SMILES string of the molecule is CC1(C)CCc2c(N3CCCC3)nc3oc4c(NCc5cccnc5)ncnc4c3c2C1. The molecule has 1 N–H and O–H groups in total. The van der Waals surface area contributed by atoms with E-state index in [1.54, 1.807) is 12.5 Å². The summed E-state index contributed by atoms with van der Waals surface area (Å²) in [5.41, 5.74) is 6.32. The zero-order valence-electron chi connectivity index (χ0n) is 18.7. The maximum Gasteiger partial charge on any atom is 0.231 e. The van der Waals surface area contributed by atoms with Gasteiger partial charge < -0.3 is 14.6 Å². The van der Waals surface area contributed by atoms with Gasteiger partial charge in [0.1, 0.15) is 17.7 Å². The molecule has 5 heterocycles. The van der Waals surface area contributed by atoms with E-state index in [0.717, 1.165) is 48.2 Å². The van der Waals surface area contributed by atoms with Gasteiger partial charge in [-0.2, -0.15) is 4.98 Å². The number of hydrogen-bond acceptors (Lipinski definition) is 7. The molecule has 0 amide bonds. The Hall–Kier alpha value is -3.22. The Morgan fingerprint density at radius 2 is 2.03 bits per heavy atom. The first kappa shape index (κ1) is 19.5. The molecule has 0 unspecified atom stereocenters. The molecule has 164 valence electrons. The Labute approximate surface area is 187 Å². The van der Waals surface area contributed by atoms with Crippen LogP contribution in [0.1, 0.15) is 49.8 Å². The van der Waals surface area contributed by atoms with Crippen molar-refractivity contribution in [3.8, 4) is 0 Å². The molecule has 1 fully saturated rings. The van der Waals surface area contributed by atoms with Gasteiger partial charge in [-0.1, -0.05) is 19.9 Å². The van der Waals surface area contributed by atoms with Gasteiger partial charge in [0, 0.05) is 32.0 Å². The van der Waals surface area contributed by atoms with Crippen molar-refractivity contribution in [1.82, 2.24) is 19.9 Å². The molecule has 1 aliphatic heterocycles. The second-order valence-corrected chi connectivity index (χ2v) is 9.82. The fourth-order valence-electron chi connectivity index (χ4n) is 5.19. The summed E-state index contributed by atoms with van der Waals surface area (Å²) in [6.07, 6.45) is 11.0. The molecule has 1 saturated heterocycles. The number of nitrogens with one attached hydrogen (secondary N) is 1. The number of rotatable bonds is 4.